The molecule has 0 bridgehead atoms. The van der Waals surface area contributed by atoms with Gasteiger partial charge in [0, 0.05) is 13.0 Å². The molecule has 0 spiro atoms. The van der Waals surface area contributed by atoms with Crippen LogP contribution in [0.15, 0.2) is 5.10 Å². The fraction of sp³-hybridized carbons (Fsp3) is 0.667. The molecule has 0 aromatic rings. The van der Waals surface area contributed by atoms with Crippen LogP contribution >= 0.6 is 23.4 Å². The minimum absolute atomic E-state index is 0.541. The van der Waals surface area contributed by atoms with Crippen molar-refractivity contribution in [3.05, 3.63) is 0 Å². The van der Waals surface area contributed by atoms with Crippen molar-refractivity contribution in [2.24, 2.45) is 5.10 Å². The van der Waals surface area contributed by atoms with Gasteiger partial charge in [-0.25, -0.2) is 5.43 Å². The Kier molecular flexibility index (Phi) is 1.94. The number of rotatable bonds is 0. The highest BCUT2D eigenvalue weighted by molar-refractivity contribution is 6.65. The molecule has 0 unspecified atom stereocenters. The number of hydrazone groups is 1. The topological polar surface area (TPSA) is 27.6 Å². The first-order valence-electron chi connectivity index (χ1n) is 2.21. The molecular weight excluding hydrogens is 149 g/mol. The van der Waals surface area contributed by atoms with Gasteiger partial charge >= 0.3 is 0 Å². The van der Waals surface area contributed by atoms with Gasteiger partial charge in [-0.05, 0) is 0 Å². The summed E-state index contributed by atoms with van der Waals surface area (Å²) < 4.78 is 1.09. The van der Waals surface area contributed by atoms with Crippen LogP contribution in [0.5, 0.6) is 0 Å². The van der Waals surface area contributed by atoms with Crippen molar-refractivity contribution in [2.75, 3.05) is 6.54 Å². The van der Waals surface area contributed by atoms with Crippen LogP contribution in [0.25, 0.3) is 0 Å². The van der Waals surface area contributed by atoms with Gasteiger partial charge in [-0.1, -0.05) is 11.6 Å². The third kappa shape index (κ3) is 1.51. The molecule has 1 N–H and O–H groups in total. The van der Waals surface area contributed by atoms with Gasteiger partial charge in [0.15, 0.2) is 0 Å². The lowest BCUT2D eigenvalue weighted by Gasteiger charge is -2.15. The summed E-state index contributed by atoms with van der Waals surface area (Å²) in [6, 6.07) is 0. The Balaban J connectivity index is 2.50. The molecule has 46 valence electrons. The number of hydrazine groups is 1. The molecule has 0 fully saturated rings. The van der Waals surface area contributed by atoms with Gasteiger partial charge in [0.2, 0.25) is 0 Å². The number of hydrogen-bond donors (Lipinski definition) is 1. The second kappa shape index (κ2) is 2.53. The number of halogens is 2. The monoisotopic (exact) mass is 153 g/mol. The molecule has 1 aliphatic heterocycles. The molecule has 0 aromatic heterocycles. The van der Waals surface area contributed by atoms with Crippen molar-refractivity contribution in [2.45, 2.75) is 6.42 Å². The zero-order valence-corrected chi connectivity index (χ0v) is 5.58. The third-order valence-electron chi connectivity index (χ3n) is 0.770. The molecule has 0 atom stereocenters. The molecule has 0 amide bonds. The predicted octanol–water partition coefficient (Wildman–Crippen LogP) is 0.903. The predicted molar refractivity (Wildman–Crippen MR) is 33.6 cm³/mol. The smallest absolute Gasteiger partial charge is 0.130 e. The van der Waals surface area contributed by atoms with E-state index >= 15 is 0 Å². The maximum absolute atomic E-state index is 5.50. The first-order valence-corrected chi connectivity index (χ1v) is 2.93. The zero-order chi connectivity index (χ0) is 5.98. The molecule has 1 aliphatic rings. The van der Waals surface area contributed by atoms with Crippen LogP contribution in [-0.2, 0) is 0 Å². The quantitative estimate of drug-likeness (QED) is 0.525. The van der Waals surface area contributed by atoms with Crippen molar-refractivity contribution in [3.8, 4) is 0 Å². The largest absolute Gasteiger partial charge is 0.201 e. The van der Waals surface area contributed by atoms with E-state index in [1.54, 1.807) is 0 Å². The maximum atomic E-state index is 5.50. The van der Waals surface area contributed by atoms with Gasteiger partial charge in [0.05, 0.1) is 11.8 Å². The normalized spacial score (nSPS) is 20.8. The Morgan fingerprint density at radius 3 is 2.88 bits per heavy atom. The van der Waals surface area contributed by atoms with Crippen LogP contribution in [0.3, 0.4) is 0 Å². The summed E-state index contributed by atoms with van der Waals surface area (Å²) in [4.78, 5) is 0. The van der Waals surface area contributed by atoms with E-state index in [9.17, 15) is 0 Å². The fourth-order valence-electron chi connectivity index (χ4n) is 0.432. The Morgan fingerprint density at radius 1 is 1.75 bits per heavy atom. The average molecular weight is 154 g/mol. The molecular formula is C3H5Cl2N3. The molecule has 1 heterocycles. The molecule has 0 aromatic carbocycles. The van der Waals surface area contributed by atoms with Gasteiger partial charge < -0.3 is 0 Å². The van der Waals surface area contributed by atoms with E-state index in [0.717, 1.165) is 17.6 Å². The Morgan fingerprint density at radius 2 is 2.50 bits per heavy atom. The second-order valence-corrected chi connectivity index (χ2v) is 2.15. The van der Waals surface area contributed by atoms with E-state index < -0.39 is 0 Å². The van der Waals surface area contributed by atoms with Gasteiger partial charge in [-0.3, -0.25) is 0 Å². The summed E-state index contributed by atoms with van der Waals surface area (Å²) >= 11 is 10.9. The van der Waals surface area contributed by atoms with Gasteiger partial charge in [0.1, 0.15) is 5.17 Å². The van der Waals surface area contributed by atoms with Gasteiger partial charge in [0.25, 0.3) is 0 Å². The fourth-order valence-corrected chi connectivity index (χ4v) is 0.816. The highest BCUT2D eigenvalue weighted by atomic mass is 35.5. The van der Waals surface area contributed by atoms with Gasteiger partial charge in [-0.2, -0.15) is 0 Å². The zero-order valence-electron chi connectivity index (χ0n) is 4.06. The highest BCUT2D eigenvalue weighted by Crippen LogP contribution is 2.02. The lowest BCUT2D eigenvalue weighted by Crippen LogP contribution is -2.31. The summed E-state index contributed by atoms with van der Waals surface area (Å²) in [5.74, 6) is 0. The minimum Gasteiger partial charge on any atom is -0.201 e. The van der Waals surface area contributed by atoms with Crippen molar-refractivity contribution in [3.63, 3.8) is 0 Å². The molecule has 8 heavy (non-hydrogen) atoms. The van der Waals surface area contributed by atoms with Crippen molar-refractivity contribution < 1.29 is 0 Å². The lowest BCUT2D eigenvalue weighted by atomic mass is 10.5. The van der Waals surface area contributed by atoms with Crippen LogP contribution in [0, 0.1) is 0 Å². The van der Waals surface area contributed by atoms with E-state index in [1.807, 2.05) is 0 Å². The molecule has 0 radical (unpaired) electrons. The molecule has 0 aliphatic carbocycles. The third-order valence-corrected chi connectivity index (χ3v) is 1.23. The second-order valence-electron chi connectivity index (χ2n) is 1.39. The molecule has 0 saturated carbocycles. The summed E-state index contributed by atoms with van der Waals surface area (Å²) in [6.45, 7) is 0.756. The summed E-state index contributed by atoms with van der Waals surface area (Å²) in [7, 11) is 0. The Bertz CT molecular complexity index is 113. The van der Waals surface area contributed by atoms with E-state index in [2.05, 4.69) is 10.5 Å². The standard InChI is InChI=1S/C3H5Cl2N3/c4-3-1-2-6-8(5)7-3/h6H,1-2H2. The lowest BCUT2D eigenvalue weighted by molar-refractivity contribution is 0.344. The van der Waals surface area contributed by atoms with E-state index in [0.29, 0.717) is 5.17 Å². The van der Waals surface area contributed by atoms with Crippen molar-refractivity contribution in [1.82, 2.24) is 10.1 Å². The Hall–Kier alpha value is 0.01000. The van der Waals surface area contributed by atoms with E-state index in [-0.39, 0.29) is 0 Å². The first-order chi connectivity index (χ1) is 3.79. The molecule has 3 nitrogen and oxygen atoms in total. The highest BCUT2D eigenvalue weighted by Gasteiger charge is 2.04. The summed E-state index contributed by atoms with van der Waals surface area (Å²) in [5.41, 5.74) is 2.74. The van der Waals surface area contributed by atoms with Crippen LogP contribution in [-0.4, -0.2) is 16.4 Å². The van der Waals surface area contributed by atoms with Crippen LogP contribution in [0.1, 0.15) is 6.42 Å². The summed E-state index contributed by atoms with van der Waals surface area (Å²) in [6.07, 6.45) is 0.755. The van der Waals surface area contributed by atoms with E-state index in [1.165, 1.54) is 0 Å². The number of nitrogens with one attached hydrogen (secondary N) is 1. The maximum Gasteiger partial charge on any atom is 0.130 e. The first kappa shape index (κ1) is 6.13. The van der Waals surface area contributed by atoms with E-state index in [4.69, 9.17) is 23.4 Å². The minimum atomic E-state index is 0.541. The van der Waals surface area contributed by atoms with Crippen LogP contribution in [0.2, 0.25) is 0 Å². The molecule has 5 heteroatoms. The molecule has 0 saturated heterocycles. The number of nitrogens with zero attached hydrogens (tertiary/aromatic N) is 2. The summed E-state index contributed by atoms with van der Waals surface area (Å²) in [5, 5.41) is 4.19. The molecule has 1 rings (SSSR count). The average Bonchev–Trinajstić information content (AvgIpc) is 1.64. The van der Waals surface area contributed by atoms with Crippen LogP contribution < -0.4 is 5.43 Å². The van der Waals surface area contributed by atoms with Crippen LogP contribution in [0.4, 0.5) is 0 Å². The van der Waals surface area contributed by atoms with Gasteiger partial charge in [-0.15, -0.1) is 9.74 Å². The SMILES string of the molecule is ClC1=NN(Cl)NCC1. The van der Waals surface area contributed by atoms with Crippen molar-refractivity contribution in [1.29, 1.82) is 0 Å². The number of hydrogen-bond acceptors (Lipinski definition) is 3. The van der Waals surface area contributed by atoms with Crippen molar-refractivity contribution >= 4 is 28.5 Å². The Labute approximate surface area is 57.3 Å².